The molecule has 0 amide bonds. The Morgan fingerprint density at radius 2 is 1.80 bits per heavy atom. The molecule has 0 spiro atoms. The number of H-pyrrole nitrogens is 1. The molecule has 3 aromatic rings. The Balaban J connectivity index is 1.86. The largest absolute Gasteiger partial charge is 0.263 e. The van der Waals surface area contributed by atoms with Crippen LogP contribution in [0.15, 0.2) is 47.4 Å². The normalized spacial score (nSPS) is 11.6. The average Bonchev–Trinajstić information content (AvgIpc) is 3.04. The lowest BCUT2D eigenvalue weighted by Gasteiger charge is -2.08. The SMILES string of the molecule is Cc1cc(-c2n[nH]c(CCc3ccccc3)n2)cc(S(N)(=O)=O)c1C. The maximum Gasteiger partial charge on any atom is 0.238 e. The van der Waals surface area contributed by atoms with Crippen LogP contribution in [0.3, 0.4) is 0 Å². The van der Waals surface area contributed by atoms with E-state index in [1.807, 2.05) is 31.2 Å². The second kappa shape index (κ2) is 6.78. The molecule has 0 bridgehead atoms. The number of nitrogens with two attached hydrogens (primary N) is 1. The van der Waals surface area contributed by atoms with E-state index in [2.05, 4.69) is 27.3 Å². The van der Waals surface area contributed by atoms with Gasteiger partial charge in [-0.2, -0.15) is 5.10 Å². The minimum Gasteiger partial charge on any atom is -0.263 e. The van der Waals surface area contributed by atoms with Gasteiger partial charge < -0.3 is 0 Å². The molecule has 130 valence electrons. The fraction of sp³-hybridized carbons (Fsp3) is 0.222. The van der Waals surface area contributed by atoms with Crippen LogP contribution < -0.4 is 5.14 Å². The van der Waals surface area contributed by atoms with Crippen molar-refractivity contribution in [3.05, 3.63) is 65.0 Å². The van der Waals surface area contributed by atoms with Gasteiger partial charge in [-0.25, -0.2) is 18.5 Å². The third kappa shape index (κ3) is 3.94. The number of rotatable bonds is 5. The van der Waals surface area contributed by atoms with Gasteiger partial charge in [0.1, 0.15) is 5.82 Å². The summed E-state index contributed by atoms with van der Waals surface area (Å²) in [5.74, 6) is 1.23. The lowest BCUT2D eigenvalue weighted by atomic mass is 10.1. The Hall–Kier alpha value is -2.51. The number of aryl methyl sites for hydroxylation is 3. The van der Waals surface area contributed by atoms with Crippen molar-refractivity contribution in [2.75, 3.05) is 0 Å². The molecule has 0 atom stereocenters. The predicted molar refractivity (Wildman–Crippen MR) is 96.5 cm³/mol. The quantitative estimate of drug-likeness (QED) is 0.733. The van der Waals surface area contributed by atoms with E-state index < -0.39 is 10.0 Å². The fourth-order valence-corrected chi connectivity index (χ4v) is 3.57. The summed E-state index contributed by atoms with van der Waals surface area (Å²) in [7, 11) is -3.79. The Labute approximate surface area is 147 Å². The molecule has 6 nitrogen and oxygen atoms in total. The summed E-state index contributed by atoms with van der Waals surface area (Å²) in [5, 5.41) is 12.5. The Bertz CT molecular complexity index is 995. The summed E-state index contributed by atoms with van der Waals surface area (Å²) < 4.78 is 23.6. The number of nitrogens with zero attached hydrogens (tertiary/aromatic N) is 2. The molecule has 7 heteroatoms. The fourth-order valence-electron chi connectivity index (χ4n) is 2.70. The highest BCUT2D eigenvalue weighted by Crippen LogP contribution is 2.25. The molecule has 0 aliphatic carbocycles. The standard InChI is InChI=1S/C18H20N4O2S/c1-12-10-15(11-16(13(12)2)25(19,23)24)18-20-17(21-22-18)9-8-14-6-4-3-5-7-14/h3-7,10-11H,8-9H2,1-2H3,(H2,19,23,24)(H,20,21,22). The van der Waals surface area contributed by atoms with Gasteiger partial charge in [0.15, 0.2) is 5.82 Å². The molecule has 0 unspecified atom stereocenters. The predicted octanol–water partition coefficient (Wildman–Crippen LogP) is 2.52. The van der Waals surface area contributed by atoms with Crippen LogP contribution >= 0.6 is 0 Å². The molecule has 1 aromatic heterocycles. The molecule has 2 aromatic carbocycles. The number of aromatic amines is 1. The number of sulfonamides is 1. The van der Waals surface area contributed by atoms with Crippen molar-refractivity contribution in [2.45, 2.75) is 31.6 Å². The van der Waals surface area contributed by atoms with Crippen LogP contribution in [-0.4, -0.2) is 23.6 Å². The summed E-state index contributed by atoms with van der Waals surface area (Å²) >= 11 is 0. The molecule has 0 aliphatic heterocycles. The van der Waals surface area contributed by atoms with Crippen molar-refractivity contribution in [3.8, 4) is 11.4 Å². The van der Waals surface area contributed by atoms with Crippen molar-refractivity contribution in [3.63, 3.8) is 0 Å². The summed E-state index contributed by atoms with van der Waals surface area (Å²) in [4.78, 5) is 4.60. The van der Waals surface area contributed by atoms with Gasteiger partial charge in [0.2, 0.25) is 10.0 Å². The van der Waals surface area contributed by atoms with E-state index in [1.165, 1.54) is 11.6 Å². The first kappa shape index (κ1) is 17.3. The summed E-state index contributed by atoms with van der Waals surface area (Å²) in [5.41, 5.74) is 3.33. The molecule has 25 heavy (non-hydrogen) atoms. The van der Waals surface area contributed by atoms with Crippen LogP contribution in [0.25, 0.3) is 11.4 Å². The van der Waals surface area contributed by atoms with E-state index in [0.717, 1.165) is 24.2 Å². The minimum atomic E-state index is -3.79. The van der Waals surface area contributed by atoms with E-state index in [9.17, 15) is 8.42 Å². The van der Waals surface area contributed by atoms with Gasteiger partial charge in [0.25, 0.3) is 0 Å². The number of hydrogen-bond acceptors (Lipinski definition) is 4. The van der Waals surface area contributed by atoms with Gasteiger partial charge in [0.05, 0.1) is 4.90 Å². The molecule has 0 radical (unpaired) electrons. The van der Waals surface area contributed by atoms with Gasteiger partial charge in [-0.15, -0.1) is 0 Å². The van der Waals surface area contributed by atoms with Crippen LogP contribution in [0.2, 0.25) is 0 Å². The van der Waals surface area contributed by atoms with Crippen molar-refractivity contribution in [1.82, 2.24) is 15.2 Å². The van der Waals surface area contributed by atoms with Crippen molar-refractivity contribution >= 4 is 10.0 Å². The van der Waals surface area contributed by atoms with Crippen LogP contribution in [0.1, 0.15) is 22.5 Å². The summed E-state index contributed by atoms with van der Waals surface area (Å²) in [6.45, 7) is 3.58. The van der Waals surface area contributed by atoms with E-state index in [4.69, 9.17) is 5.14 Å². The van der Waals surface area contributed by atoms with E-state index in [-0.39, 0.29) is 4.90 Å². The highest BCUT2D eigenvalue weighted by molar-refractivity contribution is 7.89. The maximum atomic E-state index is 11.8. The lowest BCUT2D eigenvalue weighted by molar-refractivity contribution is 0.597. The maximum absolute atomic E-state index is 11.8. The van der Waals surface area contributed by atoms with Gasteiger partial charge in [0, 0.05) is 12.0 Å². The lowest BCUT2D eigenvalue weighted by Crippen LogP contribution is -2.14. The number of aromatic nitrogens is 3. The summed E-state index contributed by atoms with van der Waals surface area (Å²) in [6, 6.07) is 13.5. The van der Waals surface area contributed by atoms with Crippen molar-refractivity contribution in [1.29, 1.82) is 0 Å². The molecule has 3 rings (SSSR count). The third-order valence-corrected chi connectivity index (χ3v) is 5.25. The number of benzene rings is 2. The van der Waals surface area contributed by atoms with Crippen molar-refractivity contribution < 1.29 is 8.42 Å². The van der Waals surface area contributed by atoms with Crippen molar-refractivity contribution in [2.24, 2.45) is 5.14 Å². The molecule has 0 saturated heterocycles. The van der Waals surface area contributed by atoms with Crippen LogP contribution in [0, 0.1) is 13.8 Å². The zero-order valence-corrected chi connectivity index (χ0v) is 15.0. The molecular formula is C18H20N4O2S. The zero-order chi connectivity index (χ0) is 18.0. The highest BCUT2D eigenvalue weighted by atomic mass is 32.2. The summed E-state index contributed by atoms with van der Waals surface area (Å²) in [6.07, 6.45) is 1.58. The molecule has 0 aliphatic rings. The molecular weight excluding hydrogens is 336 g/mol. The second-order valence-electron chi connectivity index (χ2n) is 6.05. The van der Waals surface area contributed by atoms with Crippen LogP contribution in [-0.2, 0) is 22.9 Å². The van der Waals surface area contributed by atoms with Gasteiger partial charge in [-0.05, 0) is 49.1 Å². The smallest absolute Gasteiger partial charge is 0.238 e. The topological polar surface area (TPSA) is 102 Å². The van der Waals surface area contributed by atoms with Gasteiger partial charge in [-0.1, -0.05) is 30.3 Å². The van der Waals surface area contributed by atoms with E-state index in [1.54, 1.807) is 6.92 Å². The first-order valence-corrected chi connectivity index (χ1v) is 9.49. The number of hydrogen-bond donors (Lipinski definition) is 2. The molecule has 0 fully saturated rings. The number of primary sulfonamides is 1. The number of nitrogens with one attached hydrogen (secondary N) is 1. The first-order chi connectivity index (χ1) is 11.8. The van der Waals surface area contributed by atoms with Crippen LogP contribution in [0.5, 0.6) is 0 Å². The second-order valence-corrected chi connectivity index (χ2v) is 7.58. The van der Waals surface area contributed by atoms with E-state index >= 15 is 0 Å². The molecule has 3 N–H and O–H groups in total. The Morgan fingerprint density at radius 1 is 1.08 bits per heavy atom. The first-order valence-electron chi connectivity index (χ1n) is 7.94. The van der Waals surface area contributed by atoms with Gasteiger partial charge >= 0.3 is 0 Å². The molecule has 1 heterocycles. The zero-order valence-electron chi connectivity index (χ0n) is 14.2. The minimum absolute atomic E-state index is 0.109. The van der Waals surface area contributed by atoms with E-state index in [0.29, 0.717) is 17.0 Å². The van der Waals surface area contributed by atoms with Gasteiger partial charge in [-0.3, -0.25) is 5.10 Å². The third-order valence-electron chi connectivity index (χ3n) is 4.21. The average molecular weight is 356 g/mol. The monoisotopic (exact) mass is 356 g/mol. The molecule has 0 saturated carbocycles. The Morgan fingerprint density at radius 3 is 2.48 bits per heavy atom. The highest BCUT2D eigenvalue weighted by Gasteiger charge is 2.17. The Kier molecular flexibility index (Phi) is 4.69. The van der Waals surface area contributed by atoms with Crippen LogP contribution in [0.4, 0.5) is 0 Å².